The van der Waals surface area contributed by atoms with E-state index in [4.69, 9.17) is 10.5 Å². The van der Waals surface area contributed by atoms with Crippen molar-refractivity contribution in [2.75, 3.05) is 18.5 Å². The molecule has 3 N–H and O–H groups in total. The first-order valence-electron chi connectivity index (χ1n) is 10.8. The van der Waals surface area contributed by atoms with Crippen molar-refractivity contribution in [3.05, 3.63) is 70.0 Å². The van der Waals surface area contributed by atoms with Gasteiger partial charge in [-0.3, -0.25) is 14.6 Å². The lowest BCUT2D eigenvalue weighted by Crippen LogP contribution is -2.27. The first-order chi connectivity index (χ1) is 16.5. The van der Waals surface area contributed by atoms with Crippen LogP contribution in [0.1, 0.15) is 42.7 Å². The molecule has 0 fully saturated rings. The van der Waals surface area contributed by atoms with Gasteiger partial charge in [-0.1, -0.05) is 30.7 Å². The second-order valence-corrected chi connectivity index (χ2v) is 8.66. The summed E-state index contributed by atoms with van der Waals surface area (Å²) in [4.78, 5) is 43.0. The van der Waals surface area contributed by atoms with Gasteiger partial charge in [0.1, 0.15) is 6.61 Å². The van der Waals surface area contributed by atoms with E-state index in [9.17, 15) is 19.7 Å². The molecule has 1 amide bonds. The molecule has 10 nitrogen and oxygen atoms in total. The van der Waals surface area contributed by atoms with Crippen molar-refractivity contribution in [2.24, 2.45) is 5.73 Å². The van der Waals surface area contributed by atoms with E-state index in [0.29, 0.717) is 19.3 Å². The first-order valence-corrected chi connectivity index (χ1v) is 11.6. The lowest BCUT2D eigenvalue weighted by molar-refractivity contribution is -0.757. The Labute approximate surface area is 200 Å². The molecule has 11 heteroatoms. The van der Waals surface area contributed by atoms with E-state index >= 15 is 0 Å². The first kappa shape index (κ1) is 25.1. The lowest BCUT2D eigenvalue weighted by Gasteiger charge is -2.15. The number of nitrogens with two attached hydrogens (primary N) is 1. The van der Waals surface area contributed by atoms with E-state index in [-0.39, 0.29) is 38.1 Å². The van der Waals surface area contributed by atoms with Gasteiger partial charge in [-0.2, -0.15) is 0 Å². The van der Waals surface area contributed by atoms with Crippen LogP contribution in [0.2, 0.25) is 0 Å². The molecule has 0 aliphatic rings. The zero-order valence-electron chi connectivity index (χ0n) is 18.5. The number of nitrogens with one attached hydrogen (secondary N) is 1. The molecule has 3 aromatic rings. The molecule has 1 aromatic carbocycles. The Morgan fingerprint density at radius 1 is 1.18 bits per heavy atom. The van der Waals surface area contributed by atoms with Crippen LogP contribution in [0, 0.1) is 10.1 Å². The fraction of sp³-hybridized carbons (Fsp3) is 0.348. The Morgan fingerprint density at radius 3 is 2.68 bits per heavy atom. The van der Waals surface area contributed by atoms with Gasteiger partial charge >= 0.3 is 5.97 Å². The lowest BCUT2D eigenvalue weighted by atomic mass is 9.97. The molecule has 0 radical (unpaired) electrons. The highest BCUT2D eigenvalue weighted by Gasteiger charge is 2.20. The number of unbranched alkanes of at least 4 members (excludes halogenated alkanes) is 2. The molecular weight excluding hydrogens is 460 g/mol. The van der Waals surface area contributed by atoms with Gasteiger partial charge in [-0.15, -0.1) is 21.5 Å². The largest absolute Gasteiger partial charge is 0.461 e. The van der Waals surface area contributed by atoms with Gasteiger partial charge in [0.05, 0.1) is 22.2 Å². The topological polar surface area (TPSA) is 147 Å². The molecule has 0 bridgehead atoms. The van der Waals surface area contributed by atoms with E-state index in [1.165, 1.54) is 11.3 Å². The second kappa shape index (κ2) is 12.6. The molecule has 0 saturated heterocycles. The van der Waals surface area contributed by atoms with E-state index < -0.39 is 11.0 Å². The predicted molar refractivity (Wildman–Crippen MR) is 128 cm³/mol. The third-order valence-corrected chi connectivity index (χ3v) is 6.13. The smallest absolute Gasteiger partial charge is 0.306 e. The number of aromatic nitrogens is 1. The number of rotatable bonds is 13. The van der Waals surface area contributed by atoms with Crippen LogP contribution >= 0.6 is 11.3 Å². The van der Waals surface area contributed by atoms with Crippen LogP contribution in [-0.4, -0.2) is 35.1 Å². The molecule has 0 aliphatic heterocycles. The minimum atomic E-state index is -0.828. The van der Waals surface area contributed by atoms with Crippen molar-refractivity contribution in [3.8, 4) is 0 Å². The number of hydrogen-bond acceptors (Lipinski definition) is 9. The second-order valence-electron chi connectivity index (χ2n) is 7.57. The summed E-state index contributed by atoms with van der Waals surface area (Å²) in [6, 6.07) is 11.0. The molecule has 3 rings (SSSR count). The minimum absolute atomic E-state index is 0.0256. The number of carbonyl (C=O) groups is 2. The van der Waals surface area contributed by atoms with Crippen LogP contribution < -0.4 is 11.1 Å². The molecule has 2 heterocycles. The predicted octanol–water partition coefficient (Wildman–Crippen LogP) is 3.79. The van der Waals surface area contributed by atoms with Crippen molar-refractivity contribution in [1.82, 2.24) is 4.98 Å². The molecule has 1 atom stereocenters. The van der Waals surface area contributed by atoms with Crippen molar-refractivity contribution < 1.29 is 24.3 Å². The standard InChI is InChI=1S/C23H26N4O6S/c24-13-19(23(29)26-21-12-18-9-10-25-14-20(18)34-21)17-7-5-16(6-8-17)15-32-22(28)4-2-1-3-11-33-27(30)31/h5-10,12,14,19H,1-4,11,13,15,24H2,(H,26,29)/t19-/m1/s1. The molecule has 34 heavy (non-hydrogen) atoms. The van der Waals surface area contributed by atoms with Gasteiger partial charge in [0.2, 0.25) is 5.91 Å². The summed E-state index contributed by atoms with van der Waals surface area (Å²) in [5.41, 5.74) is 7.45. The highest BCUT2D eigenvalue weighted by atomic mass is 32.1. The normalized spacial score (nSPS) is 11.7. The zero-order valence-corrected chi connectivity index (χ0v) is 19.3. The number of carbonyl (C=O) groups excluding carboxylic acids is 2. The number of ether oxygens (including phenoxy) is 1. The number of hydrogen-bond donors (Lipinski definition) is 2. The van der Waals surface area contributed by atoms with Gasteiger partial charge in [-0.25, -0.2) is 0 Å². The maximum Gasteiger partial charge on any atom is 0.306 e. The average Bonchev–Trinajstić information content (AvgIpc) is 3.23. The van der Waals surface area contributed by atoms with Crippen LogP contribution in [0.3, 0.4) is 0 Å². The summed E-state index contributed by atoms with van der Waals surface area (Å²) in [6.07, 6.45) is 5.42. The molecular formula is C23H26N4O6S. The van der Waals surface area contributed by atoms with Crippen LogP contribution in [0.15, 0.2) is 48.8 Å². The zero-order chi connectivity index (χ0) is 24.3. The maximum atomic E-state index is 12.8. The minimum Gasteiger partial charge on any atom is -0.461 e. The Kier molecular flexibility index (Phi) is 9.30. The number of esters is 1. The summed E-state index contributed by atoms with van der Waals surface area (Å²) in [5.74, 6) is -1.04. The van der Waals surface area contributed by atoms with Gasteiger partial charge in [0.25, 0.3) is 5.09 Å². The van der Waals surface area contributed by atoms with Gasteiger partial charge in [0, 0.05) is 25.4 Å². The van der Waals surface area contributed by atoms with Crippen molar-refractivity contribution in [1.29, 1.82) is 0 Å². The number of benzene rings is 1. The summed E-state index contributed by atoms with van der Waals surface area (Å²) in [6.45, 7) is 0.302. The number of pyridine rings is 1. The SMILES string of the molecule is NC[C@@H](C(=O)Nc1cc2ccncc2s1)c1ccc(COC(=O)CCCCCO[N+](=O)[O-])cc1. The van der Waals surface area contributed by atoms with E-state index in [1.807, 2.05) is 24.3 Å². The summed E-state index contributed by atoms with van der Waals surface area (Å²) < 4.78 is 6.26. The van der Waals surface area contributed by atoms with Crippen molar-refractivity contribution >= 4 is 38.3 Å². The van der Waals surface area contributed by atoms with Crippen LogP contribution in [0.5, 0.6) is 0 Å². The molecule has 0 spiro atoms. The third-order valence-electron chi connectivity index (χ3n) is 5.13. The van der Waals surface area contributed by atoms with Crippen molar-refractivity contribution in [3.63, 3.8) is 0 Å². The third kappa shape index (κ3) is 7.49. The molecule has 2 aromatic heterocycles. The van der Waals surface area contributed by atoms with Crippen LogP contribution in [-0.2, 0) is 25.8 Å². The number of thiophene rings is 1. The summed E-state index contributed by atoms with van der Waals surface area (Å²) in [7, 11) is 0. The van der Waals surface area contributed by atoms with E-state index in [1.54, 1.807) is 24.5 Å². The maximum absolute atomic E-state index is 12.8. The molecule has 180 valence electrons. The summed E-state index contributed by atoms with van der Waals surface area (Å²) >= 11 is 1.45. The Hall–Kier alpha value is -3.57. The molecule has 0 saturated carbocycles. The number of fused-ring (bicyclic) bond motifs is 1. The fourth-order valence-corrected chi connectivity index (χ4v) is 4.25. The van der Waals surface area contributed by atoms with Gasteiger partial charge in [0.15, 0.2) is 0 Å². The summed E-state index contributed by atoms with van der Waals surface area (Å²) in [5, 5.41) is 13.9. The van der Waals surface area contributed by atoms with Crippen molar-refractivity contribution in [2.45, 2.75) is 38.2 Å². The van der Waals surface area contributed by atoms with Gasteiger partial charge < -0.3 is 20.6 Å². The van der Waals surface area contributed by atoms with Crippen LogP contribution in [0.4, 0.5) is 5.00 Å². The average molecular weight is 487 g/mol. The Balaban J connectivity index is 1.45. The highest BCUT2D eigenvalue weighted by Crippen LogP contribution is 2.30. The van der Waals surface area contributed by atoms with Crippen LogP contribution in [0.25, 0.3) is 10.1 Å². The number of amides is 1. The quantitative estimate of drug-likeness (QED) is 0.161. The molecule has 0 unspecified atom stereocenters. The van der Waals surface area contributed by atoms with E-state index in [0.717, 1.165) is 26.2 Å². The van der Waals surface area contributed by atoms with E-state index in [2.05, 4.69) is 15.1 Å². The number of anilines is 1. The Morgan fingerprint density at radius 2 is 1.97 bits per heavy atom. The van der Waals surface area contributed by atoms with Gasteiger partial charge in [-0.05, 0) is 41.5 Å². The Bertz CT molecular complexity index is 1090. The fourth-order valence-electron chi connectivity index (χ4n) is 3.32. The number of nitrogens with zero attached hydrogens (tertiary/aromatic N) is 2. The highest BCUT2D eigenvalue weighted by molar-refractivity contribution is 7.22. The monoisotopic (exact) mass is 486 g/mol. The molecule has 0 aliphatic carbocycles.